The average Bonchev–Trinajstić information content (AvgIpc) is 2.67. The first-order valence-corrected chi connectivity index (χ1v) is 8.00. The second-order valence-electron chi connectivity index (χ2n) is 5.65. The van der Waals surface area contributed by atoms with Crippen molar-refractivity contribution in [3.8, 4) is 0 Å². The van der Waals surface area contributed by atoms with E-state index in [0.717, 1.165) is 29.6 Å². The van der Waals surface area contributed by atoms with Crippen LogP contribution in [0.1, 0.15) is 44.6 Å². The SMILES string of the molecule is CC1(C)CCC(CC(CBr)c2ccccc2Cl)O1. The monoisotopic (exact) mass is 330 g/mol. The zero-order valence-corrected chi connectivity index (χ0v) is 13.3. The van der Waals surface area contributed by atoms with Crippen molar-refractivity contribution in [2.45, 2.75) is 50.7 Å². The molecule has 1 nitrogen and oxygen atoms in total. The van der Waals surface area contributed by atoms with Crippen LogP contribution in [0.3, 0.4) is 0 Å². The van der Waals surface area contributed by atoms with E-state index in [1.54, 1.807) is 0 Å². The van der Waals surface area contributed by atoms with E-state index in [-0.39, 0.29) is 5.60 Å². The summed E-state index contributed by atoms with van der Waals surface area (Å²) in [5, 5.41) is 1.79. The highest BCUT2D eigenvalue weighted by Gasteiger charge is 2.33. The minimum Gasteiger partial charge on any atom is -0.372 e. The highest BCUT2D eigenvalue weighted by molar-refractivity contribution is 9.09. The molecular formula is C15H20BrClO. The molecule has 1 heterocycles. The molecule has 0 N–H and O–H groups in total. The first-order chi connectivity index (χ1) is 8.52. The van der Waals surface area contributed by atoms with Gasteiger partial charge in [0.1, 0.15) is 0 Å². The van der Waals surface area contributed by atoms with Gasteiger partial charge in [0, 0.05) is 10.4 Å². The van der Waals surface area contributed by atoms with Crippen LogP contribution in [0.25, 0.3) is 0 Å². The summed E-state index contributed by atoms with van der Waals surface area (Å²) < 4.78 is 6.08. The maximum absolute atomic E-state index is 6.28. The van der Waals surface area contributed by atoms with E-state index in [1.807, 2.05) is 12.1 Å². The fourth-order valence-electron chi connectivity index (χ4n) is 2.64. The van der Waals surface area contributed by atoms with Crippen molar-refractivity contribution in [1.82, 2.24) is 0 Å². The molecule has 18 heavy (non-hydrogen) atoms. The maximum atomic E-state index is 6.28. The van der Waals surface area contributed by atoms with Crippen molar-refractivity contribution in [2.75, 3.05) is 5.33 Å². The van der Waals surface area contributed by atoms with Crippen molar-refractivity contribution in [3.63, 3.8) is 0 Å². The lowest BCUT2D eigenvalue weighted by atomic mass is 9.93. The lowest BCUT2D eigenvalue weighted by Crippen LogP contribution is -2.21. The predicted octanol–water partition coefficient (Wildman–Crippen LogP) is 5.17. The molecule has 1 fully saturated rings. The van der Waals surface area contributed by atoms with Crippen molar-refractivity contribution in [1.29, 1.82) is 0 Å². The van der Waals surface area contributed by atoms with Gasteiger partial charge < -0.3 is 4.74 Å². The van der Waals surface area contributed by atoms with Gasteiger partial charge in [-0.1, -0.05) is 45.7 Å². The normalized spacial score (nSPS) is 24.1. The van der Waals surface area contributed by atoms with Crippen LogP contribution in [-0.4, -0.2) is 17.0 Å². The van der Waals surface area contributed by atoms with Gasteiger partial charge in [-0.05, 0) is 50.7 Å². The Morgan fingerprint density at radius 2 is 2.17 bits per heavy atom. The molecule has 3 heteroatoms. The number of alkyl halides is 1. The minimum absolute atomic E-state index is 0.0437. The van der Waals surface area contributed by atoms with E-state index in [9.17, 15) is 0 Å². The molecule has 0 aliphatic carbocycles. The molecule has 0 spiro atoms. The molecule has 1 aliphatic rings. The van der Waals surface area contributed by atoms with Crippen LogP contribution in [0.5, 0.6) is 0 Å². The fraction of sp³-hybridized carbons (Fsp3) is 0.600. The van der Waals surface area contributed by atoms with E-state index >= 15 is 0 Å². The zero-order chi connectivity index (χ0) is 13.2. The van der Waals surface area contributed by atoms with Crippen LogP contribution in [0.15, 0.2) is 24.3 Å². The van der Waals surface area contributed by atoms with Crippen molar-refractivity contribution in [3.05, 3.63) is 34.9 Å². The Labute approximate surface area is 123 Å². The van der Waals surface area contributed by atoms with Gasteiger partial charge in [-0.25, -0.2) is 0 Å². The first kappa shape index (κ1) is 14.4. The maximum Gasteiger partial charge on any atom is 0.0631 e. The Hall–Kier alpha value is -0.0500. The number of benzene rings is 1. The molecule has 100 valence electrons. The molecule has 1 aromatic rings. The number of hydrogen-bond donors (Lipinski definition) is 0. The molecule has 0 radical (unpaired) electrons. The van der Waals surface area contributed by atoms with Crippen molar-refractivity contribution in [2.24, 2.45) is 0 Å². The van der Waals surface area contributed by atoms with Gasteiger partial charge in [0.2, 0.25) is 0 Å². The third-order valence-corrected chi connectivity index (χ3v) is 4.76. The van der Waals surface area contributed by atoms with E-state index in [2.05, 4.69) is 41.9 Å². The highest BCUT2D eigenvalue weighted by atomic mass is 79.9. The first-order valence-electron chi connectivity index (χ1n) is 6.50. The zero-order valence-electron chi connectivity index (χ0n) is 11.0. The smallest absolute Gasteiger partial charge is 0.0631 e. The highest BCUT2D eigenvalue weighted by Crippen LogP contribution is 2.37. The molecule has 0 aromatic heterocycles. The van der Waals surface area contributed by atoms with Crippen LogP contribution in [0.2, 0.25) is 5.02 Å². The topological polar surface area (TPSA) is 9.23 Å². The van der Waals surface area contributed by atoms with Gasteiger partial charge in [0.15, 0.2) is 0 Å². The molecule has 2 rings (SSSR count). The predicted molar refractivity (Wildman–Crippen MR) is 80.8 cm³/mol. The van der Waals surface area contributed by atoms with Crippen LogP contribution in [0, 0.1) is 0 Å². The minimum atomic E-state index is 0.0437. The molecule has 1 aromatic carbocycles. The molecule has 0 amide bonds. The summed E-state index contributed by atoms with van der Waals surface area (Å²) in [6.07, 6.45) is 3.70. The Balaban J connectivity index is 2.05. The van der Waals surface area contributed by atoms with Crippen molar-refractivity contribution < 1.29 is 4.74 Å². The van der Waals surface area contributed by atoms with Crippen LogP contribution < -0.4 is 0 Å². The molecule has 1 aliphatic heterocycles. The second-order valence-corrected chi connectivity index (χ2v) is 6.70. The molecular weight excluding hydrogens is 312 g/mol. The van der Waals surface area contributed by atoms with Gasteiger partial charge >= 0.3 is 0 Å². The molecule has 1 saturated heterocycles. The summed E-state index contributed by atoms with van der Waals surface area (Å²) in [7, 11) is 0. The summed E-state index contributed by atoms with van der Waals surface area (Å²) in [5.74, 6) is 0.428. The van der Waals surface area contributed by atoms with E-state index in [4.69, 9.17) is 16.3 Å². The van der Waals surface area contributed by atoms with Gasteiger partial charge in [-0.15, -0.1) is 0 Å². The van der Waals surface area contributed by atoms with E-state index in [0.29, 0.717) is 12.0 Å². The molecule has 0 bridgehead atoms. The van der Waals surface area contributed by atoms with E-state index < -0.39 is 0 Å². The van der Waals surface area contributed by atoms with E-state index in [1.165, 1.54) is 5.56 Å². The lowest BCUT2D eigenvalue weighted by molar-refractivity contribution is -0.0201. The van der Waals surface area contributed by atoms with Gasteiger partial charge in [-0.3, -0.25) is 0 Å². The summed E-state index contributed by atoms with van der Waals surface area (Å²) in [5.41, 5.74) is 1.27. The van der Waals surface area contributed by atoms with Crippen LogP contribution >= 0.6 is 27.5 Å². The average molecular weight is 332 g/mol. The Bertz CT molecular complexity index is 405. The lowest BCUT2D eigenvalue weighted by Gasteiger charge is -2.23. The van der Waals surface area contributed by atoms with Gasteiger partial charge in [-0.2, -0.15) is 0 Å². The Morgan fingerprint density at radius 1 is 1.44 bits per heavy atom. The molecule has 2 atom stereocenters. The number of hydrogen-bond acceptors (Lipinski definition) is 1. The standard InChI is InChI=1S/C15H20BrClO/c1-15(2)8-7-12(18-15)9-11(10-16)13-5-3-4-6-14(13)17/h3-6,11-12H,7-10H2,1-2H3. The van der Waals surface area contributed by atoms with Crippen molar-refractivity contribution >= 4 is 27.5 Å². The molecule has 2 unspecified atom stereocenters. The number of ether oxygens (including phenoxy) is 1. The van der Waals surface area contributed by atoms with Gasteiger partial charge in [0.05, 0.1) is 11.7 Å². The summed E-state index contributed by atoms with van der Waals surface area (Å²) in [6.45, 7) is 4.34. The Kier molecular flexibility index (Phi) is 4.74. The van der Waals surface area contributed by atoms with Crippen LogP contribution in [-0.2, 0) is 4.74 Å². The van der Waals surface area contributed by atoms with Gasteiger partial charge in [0.25, 0.3) is 0 Å². The molecule has 0 saturated carbocycles. The Morgan fingerprint density at radius 3 is 2.72 bits per heavy atom. The summed E-state index contributed by atoms with van der Waals surface area (Å²) >= 11 is 9.89. The number of halogens is 2. The quantitative estimate of drug-likeness (QED) is 0.692. The summed E-state index contributed by atoms with van der Waals surface area (Å²) in [6, 6.07) is 8.11. The summed E-state index contributed by atoms with van der Waals surface area (Å²) in [4.78, 5) is 0. The third-order valence-electron chi connectivity index (χ3n) is 3.63. The second kappa shape index (κ2) is 5.94. The number of rotatable bonds is 4. The largest absolute Gasteiger partial charge is 0.372 e. The third kappa shape index (κ3) is 3.49. The fourth-order valence-corrected chi connectivity index (χ4v) is 3.54. The van der Waals surface area contributed by atoms with Crippen LogP contribution in [0.4, 0.5) is 0 Å².